The molecule has 2 fully saturated rings. The van der Waals surface area contributed by atoms with E-state index < -0.39 is 35.1 Å². The molecule has 2 bridgehead atoms. The van der Waals surface area contributed by atoms with Crippen molar-refractivity contribution in [3.8, 4) is 0 Å². The van der Waals surface area contributed by atoms with Crippen LogP contribution in [0.15, 0.2) is 23.1 Å². The lowest BCUT2D eigenvalue weighted by Gasteiger charge is -2.22. The van der Waals surface area contributed by atoms with Gasteiger partial charge in [0.2, 0.25) is 17.6 Å². The average molecular weight is 580 g/mol. The van der Waals surface area contributed by atoms with Crippen LogP contribution in [0.25, 0.3) is 0 Å². The topological polar surface area (TPSA) is 181 Å². The molecular formula is C26H41N7O6S. The predicted molar refractivity (Wildman–Crippen MR) is 154 cm³/mol. The van der Waals surface area contributed by atoms with Crippen LogP contribution in [0.3, 0.4) is 0 Å². The monoisotopic (exact) mass is 579 g/mol. The van der Waals surface area contributed by atoms with Crippen molar-refractivity contribution in [2.24, 2.45) is 11.8 Å². The van der Waals surface area contributed by atoms with Crippen molar-refractivity contribution in [3.63, 3.8) is 0 Å². The van der Waals surface area contributed by atoms with Crippen molar-refractivity contribution in [2.45, 2.75) is 70.5 Å². The summed E-state index contributed by atoms with van der Waals surface area (Å²) in [6.07, 6.45) is 6.55. The van der Waals surface area contributed by atoms with Crippen molar-refractivity contribution in [3.05, 3.63) is 39.3 Å². The number of amides is 4. The van der Waals surface area contributed by atoms with Gasteiger partial charge in [-0.25, -0.2) is 0 Å². The minimum absolute atomic E-state index is 0. The summed E-state index contributed by atoms with van der Waals surface area (Å²) in [6.45, 7) is 1.39. The second-order valence-electron chi connectivity index (χ2n) is 10.3. The van der Waals surface area contributed by atoms with Gasteiger partial charge in [0.05, 0.1) is 5.69 Å². The molecule has 0 saturated heterocycles. The number of carbonyl (C=O) groups is 5. The maximum Gasteiger partial charge on any atom is 0.287 e. The van der Waals surface area contributed by atoms with E-state index in [1.807, 2.05) is 0 Å². The number of Topliss-reactive ketones (excluding diaryl/α,β-unsaturated/α-hetero) is 1. The van der Waals surface area contributed by atoms with Crippen molar-refractivity contribution < 1.29 is 29.7 Å². The van der Waals surface area contributed by atoms with Crippen LogP contribution in [-0.2, 0) is 25.7 Å². The number of ketones is 1. The van der Waals surface area contributed by atoms with E-state index in [4.69, 9.17) is 0 Å². The molecule has 0 aliphatic heterocycles. The fourth-order valence-corrected chi connectivity index (χ4v) is 6.04. The van der Waals surface area contributed by atoms with E-state index in [9.17, 15) is 28.8 Å². The Morgan fingerprint density at radius 1 is 1.20 bits per heavy atom. The Morgan fingerprint density at radius 3 is 2.70 bits per heavy atom. The molecule has 2 unspecified atom stereocenters. The summed E-state index contributed by atoms with van der Waals surface area (Å²) in [6, 6.07) is 1.79. The molecule has 0 aromatic carbocycles. The van der Waals surface area contributed by atoms with E-state index in [1.165, 1.54) is 42.8 Å². The summed E-state index contributed by atoms with van der Waals surface area (Å²) >= 11 is 0.847. The fraction of sp³-hybridized carbons (Fsp3) is 0.538. The molecule has 2 aromatic rings. The maximum absolute atomic E-state index is 13.2. The molecule has 0 spiro atoms. The summed E-state index contributed by atoms with van der Waals surface area (Å²) in [7, 11) is 1.31. The largest absolute Gasteiger partial charge is 0.353 e. The molecule has 2 aliphatic carbocycles. The summed E-state index contributed by atoms with van der Waals surface area (Å²) in [5, 5.41) is 14.1. The van der Waals surface area contributed by atoms with E-state index >= 15 is 0 Å². The van der Waals surface area contributed by atoms with Gasteiger partial charge in [0.25, 0.3) is 17.4 Å². The maximum atomic E-state index is 13.2. The quantitative estimate of drug-likeness (QED) is 0.289. The number of hydrogen-bond donors (Lipinski definition) is 4. The smallest absolute Gasteiger partial charge is 0.287 e. The minimum Gasteiger partial charge on any atom is -0.353 e. The molecule has 4 atom stereocenters. The van der Waals surface area contributed by atoms with Crippen LogP contribution < -0.4 is 26.8 Å². The van der Waals surface area contributed by atoms with E-state index in [0.717, 1.165) is 30.8 Å². The van der Waals surface area contributed by atoms with E-state index in [2.05, 4.69) is 30.9 Å². The zero-order chi connectivity index (χ0) is 28.8. The van der Waals surface area contributed by atoms with Gasteiger partial charge in [-0.3, -0.25) is 28.8 Å². The highest BCUT2D eigenvalue weighted by Gasteiger charge is 2.37. The molecule has 4 amide bonds. The van der Waals surface area contributed by atoms with Crippen LogP contribution in [0.4, 0.5) is 5.69 Å². The second-order valence-corrected chi connectivity index (χ2v) is 11.1. The number of aryl methyl sites for hydroxylation is 1. The summed E-state index contributed by atoms with van der Waals surface area (Å²) in [4.78, 5) is 75.7. The Bertz CT molecular complexity index is 1370. The zero-order valence-corrected chi connectivity index (χ0v) is 23.2. The lowest BCUT2D eigenvalue weighted by atomic mass is 9.89. The number of fused-ring (bicyclic) bond motifs is 2. The SMILES string of the molecule is CNC(=O)C(=O)CC[C@H](NC(=O)c1snnc1C)C(=O)Nc1cccn(CC(=O)N[C@@H]2CC3CCCC2C3)c1=O.[HH].[HH].[HH].[HH]. The van der Waals surface area contributed by atoms with Gasteiger partial charge in [0.15, 0.2) is 0 Å². The van der Waals surface area contributed by atoms with Gasteiger partial charge in [-0.1, -0.05) is 17.3 Å². The Kier molecular flexibility index (Phi) is 9.40. The summed E-state index contributed by atoms with van der Waals surface area (Å²) < 4.78 is 4.92. The first-order valence-corrected chi connectivity index (χ1v) is 14.1. The summed E-state index contributed by atoms with van der Waals surface area (Å²) in [5.74, 6) is -2.10. The van der Waals surface area contributed by atoms with Crippen molar-refractivity contribution in [1.29, 1.82) is 0 Å². The number of carbonyl (C=O) groups excluding carboxylic acids is 5. The normalized spacial score (nSPS) is 20.3. The van der Waals surface area contributed by atoms with Crippen molar-refractivity contribution >= 4 is 46.6 Å². The lowest BCUT2D eigenvalue weighted by molar-refractivity contribution is -0.137. The van der Waals surface area contributed by atoms with Crippen molar-refractivity contribution in [2.75, 3.05) is 12.4 Å². The molecule has 2 saturated carbocycles. The molecule has 4 N–H and O–H groups in total. The average Bonchev–Trinajstić information content (AvgIpc) is 3.48. The Labute approximate surface area is 240 Å². The van der Waals surface area contributed by atoms with Crippen molar-refractivity contribution in [1.82, 2.24) is 30.1 Å². The van der Waals surface area contributed by atoms with Gasteiger partial charge in [-0.05, 0) is 68.1 Å². The molecular weight excluding hydrogens is 538 g/mol. The molecule has 4 rings (SSSR count). The number of rotatable bonds is 11. The zero-order valence-electron chi connectivity index (χ0n) is 22.4. The van der Waals surface area contributed by atoms with Gasteiger partial charge >= 0.3 is 0 Å². The van der Waals surface area contributed by atoms with Crippen LogP contribution in [0.5, 0.6) is 0 Å². The van der Waals surface area contributed by atoms with Gasteiger partial charge in [0.1, 0.15) is 23.2 Å². The predicted octanol–water partition coefficient (Wildman–Crippen LogP) is 1.52. The number of likely N-dealkylation sites (N-methyl/N-ethyl adjacent to an activating group) is 1. The van der Waals surface area contributed by atoms with Crippen LogP contribution >= 0.6 is 11.5 Å². The molecule has 14 heteroatoms. The van der Waals surface area contributed by atoms with E-state index in [1.54, 1.807) is 6.92 Å². The molecule has 2 heterocycles. The van der Waals surface area contributed by atoms with Gasteiger partial charge in [-0.15, -0.1) is 5.10 Å². The standard InChI is InChI=1S/C26H33N7O6S.4H2/c1-14-22(40-32-31-14)25(38)29-17(8-9-20(34)24(37)27-2)23(36)30-18-7-4-10-33(26(18)39)13-21(35)28-19-12-15-5-3-6-16(19)11-15;;;;/h4,7,10,15-17,19H,3,5-6,8-9,11-13H2,1-2H3,(H,27,37)(H,28,35)(H,29,38)(H,30,36);4*1H/t15?,16?,17-,19+;;;;/m0..../s1. The fourth-order valence-electron chi connectivity index (χ4n) is 5.48. The highest BCUT2D eigenvalue weighted by atomic mass is 32.1. The van der Waals surface area contributed by atoms with Crippen LogP contribution in [0.2, 0.25) is 0 Å². The molecule has 40 heavy (non-hydrogen) atoms. The molecule has 13 nitrogen and oxygen atoms in total. The Hall–Kier alpha value is -3.94. The van der Waals surface area contributed by atoms with E-state index in [0.29, 0.717) is 17.5 Å². The number of nitrogens with zero attached hydrogens (tertiary/aromatic N) is 3. The molecule has 0 radical (unpaired) electrons. The van der Waals surface area contributed by atoms with Gasteiger partial charge in [-0.2, -0.15) is 0 Å². The minimum atomic E-state index is -1.25. The first-order valence-electron chi connectivity index (χ1n) is 13.3. The first-order chi connectivity index (χ1) is 19.2. The van der Waals surface area contributed by atoms with Crippen LogP contribution in [-0.4, -0.2) is 62.7 Å². The number of nitrogens with one attached hydrogen (secondary N) is 4. The second kappa shape index (κ2) is 12.9. The highest BCUT2D eigenvalue weighted by Crippen LogP contribution is 2.42. The molecule has 2 aliphatic rings. The third-order valence-electron chi connectivity index (χ3n) is 7.54. The summed E-state index contributed by atoms with van der Waals surface area (Å²) in [5.41, 5.74) is -0.317. The molecule has 222 valence electrons. The Balaban J connectivity index is 0.00000462. The lowest BCUT2D eigenvalue weighted by Crippen LogP contribution is -2.45. The number of aromatic nitrogens is 3. The molecule has 2 aromatic heterocycles. The van der Waals surface area contributed by atoms with Gasteiger partial charge in [0, 0.05) is 31.4 Å². The van der Waals surface area contributed by atoms with Crippen LogP contribution in [0, 0.1) is 18.8 Å². The Morgan fingerprint density at radius 2 is 2.00 bits per heavy atom. The number of anilines is 1. The van der Waals surface area contributed by atoms with E-state index in [-0.39, 0.29) is 47.6 Å². The number of pyridine rings is 1. The van der Waals surface area contributed by atoms with Gasteiger partial charge < -0.3 is 25.8 Å². The third kappa shape index (κ3) is 6.97. The highest BCUT2D eigenvalue weighted by molar-refractivity contribution is 7.08. The van der Waals surface area contributed by atoms with Crippen LogP contribution in [0.1, 0.15) is 66.0 Å². The number of hydrogen-bond acceptors (Lipinski definition) is 9. The third-order valence-corrected chi connectivity index (χ3v) is 8.36. The first kappa shape index (κ1) is 29.1.